The van der Waals surface area contributed by atoms with Crippen LogP contribution in [0.1, 0.15) is 6.42 Å². The molecular formula is C13H17ClN4O3. The van der Waals surface area contributed by atoms with Crippen LogP contribution in [0.15, 0.2) is 33.9 Å². The molecule has 7 nitrogen and oxygen atoms in total. The number of nitrogens with one attached hydrogen (secondary N) is 2. The third-order valence-electron chi connectivity index (χ3n) is 2.89. The van der Waals surface area contributed by atoms with Crippen LogP contribution in [0, 0.1) is 0 Å². The molecular weight excluding hydrogens is 296 g/mol. The van der Waals surface area contributed by atoms with Gasteiger partial charge in [-0.05, 0) is 25.1 Å². The van der Waals surface area contributed by atoms with Gasteiger partial charge < -0.3 is 16.0 Å². The van der Waals surface area contributed by atoms with Gasteiger partial charge in [0.1, 0.15) is 6.54 Å². The number of nitrogens with zero attached hydrogens (tertiary/aromatic N) is 1. The summed E-state index contributed by atoms with van der Waals surface area (Å²) in [7, 11) is 0. The van der Waals surface area contributed by atoms with Gasteiger partial charge in [0.15, 0.2) is 0 Å². The summed E-state index contributed by atoms with van der Waals surface area (Å²) in [6, 6.07) is 6.68. The van der Waals surface area contributed by atoms with Gasteiger partial charge in [-0.3, -0.25) is 14.2 Å². The summed E-state index contributed by atoms with van der Waals surface area (Å²) in [5, 5.41) is 2.98. The van der Waals surface area contributed by atoms with E-state index in [1.54, 1.807) is 24.3 Å². The molecule has 0 unspecified atom stereocenters. The van der Waals surface area contributed by atoms with Crippen molar-refractivity contribution in [2.45, 2.75) is 13.0 Å². The molecule has 0 saturated carbocycles. The van der Waals surface area contributed by atoms with Crippen molar-refractivity contribution in [1.29, 1.82) is 0 Å². The fourth-order valence-corrected chi connectivity index (χ4v) is 1.87. The number of hydrogen-bond donors (Lipinski definition) is 3. The summed E-state index contributed by atoms with van der Waals surface area (Å²) in [5.74, 6) is -0.388. The van der Waals surface area contributed by atoms with Crippen molar-refractivity contribution in [1.82, 2.24) is 14.9 Å². The van der Waals surface area contributed by atoms with Crippen LogP contribution in [0.4, 0.5) is 0 Å². The minimum absolute atomic E-state index is 0. The van der Waals surface area contributed by atoms with E-state index in [-0.39, 0.29) is 24.9 Å². The van der Waals surface area contributed by atoms with Crippen molar-refractivity contribution in [2.75, 3.05) is 13.1 Å². The fourth-order valence-electron chi connectivity index (χ4n) is 1.87. The number of aromatic nitrogens is 2. The molecule has 0 fully saturated rings. The summed E-state index contributed by atoms with van der Waals surface area (Å²) < 4.78 is 0.889. The van der Waals surface area contributed by atoms with E-state index < -0.39 is 11.2 Å². The Bertz CT molecular complexity index is 738. The van der Waals surface area contributed by atoms with Crippen molar-refractivity contribution in [3.05, 3.63) is 45.1 Å². The summed E-state index contributed by atoms with van der Waals surface area (Å²) in [5.41, 5.74) is 4.71. The van der Waals surface area contributed by atoms with Gasteiger partial charge >= 0.3 is 5.69 Å². The Morgan fingerprint density at radius 3 is 2.71 bits per heavy atom. The van der Waals surface area contributed by atoms with Crippen LogP contribution in [-0.2, 0) is 11.3 Å². The molecule has 0 aliphatic rings. The lowest BCUT2D eigenvalue weighted by Crippen LogP contribution is -2.40. The Morgan fingerprint density at radius 2 is 2.00 bits per heavy atom. The molecule has 1 aromatic carbocycles. The molecule has 2 aromatic rings. The van der Waals surface area contributed by atoms with Crippen molar-refractivity contribution in [2.24, 2.45) is 5.73 Å². The topological polar surface area (TPSA) is 110 Å². The van der Waals surface area contributed by atoms with Crippen molar-refractivity contribution < 1.29 is 4.79 Å². The summed E-state index contributed by atoms with van der Waals surface area (Å²) in [6.45, 7) is 0.593. The highest BCUT2D eigenvalue weighted by Gasteiger charge is 2.10. The van der Waals surface area contributed by atoms with Gasteiger partial charge in [0, 0.05) is 6.54 Å². The van der Waals surface area contributed by atoms with Gasteiger partial charge in [-0.15, -0.1) is 12.4 Å². The van der Waals surface area contributed by atoms with E-state index in [1.165, 1.54) is 0 Å². The third-order valence-corrected chi connectivity index (χ3v) is 2.89. The average molecular weight is 313 g/mol. The second kappa shape index (κ2) is 7.61. The first-order valence-corrected chi connectivity index (χ1v) is 6.32. The molecule has 1 amide bonds. The molecule has 8 heteroatoms. The quantitative estimate of drug-likeness (QED) is 0.651. The van der Waals surface area contributed by atoms with Gasteiger partial charge in [-0.2, -0.15) is 0 Å². The smallest absolute Gasteiger partial charge is 0.329 e. The molecule has 1 aromatic heterocycles. The number of benzene rings is 1. The first-order valence-electron chi connectivity index (χ1n) is 6.32. The summed E-state index contributed by atoms with van der Waals surface area (Å²) >= 11 is 0. The normalized spacial score (nSPS) is 10.1. The van der Waals surface area contributed by atoms with Crippen LogP contribution in [0.2, 0.25) is 0 Å². The lowest BCUT2D eigenvalue weighted by molar-refractivity contribution is -0.121. The fraction of sp³-hybridized carbons (Fsp3) is 0.308. The van der Waals surface area contributed by atoms with E-state index in [1.807, 2.05) is 0 Å². The highest BCUT2D eigenvalue weighted by molar-refractivity contribution is 5.85. The summed E-state index contributed by atoms with van der Waals surface area (Å²) in [6.07, 6.45) is 0.648. The van der Waals surface area contributed by atoms with E-state index in [2.05, 4.69) is 10.3 Å². The number of H-pyrrole nitrogens is 1. The standard InChI is InChI=1S/C13H16N4O3.ClH/c14-6-3-7-15-11(18)8-17-12(19)9-4-1-2-5-10(9)16-13(17)20;/h1-2,4-5H,3,6-8,14H2,(H,15,18)(H,16,20);1H. The molecule has 0 saturated heterocycles. The zero-order valence-corrected chi connectivity index (χ0v) is 12.1. The molecule has 0 radical (unpaired) electrons. The zero-order valence-electron chi connectivity index (χ0n) is 11.3. The molecule has 0 bridgehead atoms. The van der Waals surface area contributed by atoms with Gasteiger partial charge in [-0.1, -0.05) is 12.1 Å². The second-order valence-electron chi connectivity index (χ2n) is 4.36. The predicted octanol–water partition coefficient (Wildman–Crippen LogP) is -0.423. The molecule has 0 aliphatic heterocycles. The highest BCUT2D eigenvalue weighted by atomic mass is 35.5. The molecule has 0 spiro atoms. The maximum Gasteiger partial charge on any atom is 0.329 e. The van der Waals surface area contributed by atoms with Crippen LogP contribution in [-0.4, -0.2) is 28.5 Å². The third kappa shape index (κ3) is 3.93. The Balaban J connectivity index is 0.00000220. The number of fused-ring (bicyclic) bond motifs is 1. The molecule has 1 heterocycles. The molecule has 21 heavy (non-hydrogen) atoms. The lowest BCUT2D eigenvalue weighted by Gasteiger charge is -2.07. The maximum absolute atomic E-state index is 12.2. The maximum atomic E-state index is 12.2. The number of hydrogen-bond acceptors (Lipinski definition) is 4. The molecule has 0 aliphatic carbocycles. The van der Waals surface area contributed by atoms with Crippen LogP contribution < -0.4 is 22.3 Å². The monoisotopic (exact) mass is 312 g/mol. The number of carbonyl (C=O) groups excluding carboxylic acids is 1. The number of amides is 1. The van der Waals surface area contributed by atoms with E-state index >= 15 is 0 Å². The van der Waals surface area contributed by atoms with Gasteiger partial charge in [0.05, 0.1) is 10.9 Å². The minimum atomic E-state index is -0.595. The molecule has 114 valence electrons. The van der Waals surface area contributed by atoms with Crippen LogP contribution in [0.3, 0.4) is 0 Å². The molecule has 4 N–H and O–H groups in total. The Labute approximate surface area is 126 Å². The second-order valence-corrected chi connectivity index (χ2v) is 4.36. The zero-order chi connectivity index (χ0) is 14.5. The molecule has 2 rings (SSSR count). The van der Waals surface area contributed by atoms with E-state index in [0.717, 1.165) is 4.57 Å². The van der Waals surface area contributed by atoms with Crippen LogP contribution >= 0.6 is 12.4 Å². The SMILES string of the molecule is Cl.NCCCNC(=O)Cn1c(=O)[nH]c2ccccc2c1=O. The largest absolute Gasteiger partial charge is 0.354 e. The number of carbonyl (C=O) groups is 1. The van der Waals surface area contributed by atoms with Crippen molar-refractivity contribution in [3.8, 4) is 0 Å². The Morgan fingerprint density at radius 1 is 1.29 bits per heavy atom. The van der Waals surface area contributed by atoms with Crippen LogP contribution in [0.25, 0.3) is 10.9 Å². The van der Waals surface area contributed by atoms with Gasteiger partial charge in [0.25, 0.3) is 5.56 Å². The van der Waals surface area contributed by atoms with Gasteiger partial charge in [-0.25, -0.2) is 4.79 Å². The van der Waals surface area contributed by atoms with Crippen molar-refractivity contribution in [3.63, 3.8) is 0 Å². The predicted molar refractivity (Wildman–Crippen MR) is 82.8 cm³/mol. The number of rotatable bonds is 5. The Hall–Kier alpha value is -2.12. The summed E-state index contributed by atoms with van der Waals surface area (Å²) in [4.78, 5) is 38.2. The van der Waals surface area contributed by atoms with Crippen LogP contribution in [0.5, 0.6) is 0 Å². The number of halogens is 1. The number of aromatic amines is 1. The number of nitrogens with two attached hydrogens (primary N) is 1. The lowest BCUT2D eigenvalue weighted by atomic mass is 10.2. The van der Waals surface area contributed by atoms with Gasteiger partial charge in [0.2, 0.25) is 5.91 Å². The highest BCUT2D eigenvalue weighted by Crippen LogP contribution is 2.02. The first-order chi connectivity index (χ1) is 9.63. The van der Waals surface area contributed by atoms with E-state index in [0.29, 0.717) is 30.4 Å². The Kier molecular flexibility index (Phi) is 6.13. The first kappa shape index (κ1) is 16.9. The van der Waals surface area contributed by atoms with E-state index in [9.17, 15) is 14.4 Å². The van der Waals surface area contributed by atoms with E-state index in [4.69, 9.17) is 5.73 Å². The molecule has 0 atom stereocenters. The minimum Gasteiger partial charge on any atom is -0.354 e. The average Bonchev–Trinajstić information content (AvgIpc) is 2.44. The number of para-hydroxylation sites is 1. The van der Waals surface area contributed by atoms with Crippen molar-refractivity contribution >= 4 is 29.2 Å².